The predicted octanol–water partition coefficient (Wildman–Crippen LogP) is 3.71. The fourth-order valence-corrected chi connectivity index (χ4v) is 3.59. The monoisotopic (exact) mass is 531 g/mol. The van der Waals surface area contributed by atoms with E-state index in [0.717, 1.165) is 0 Å². The quantitative estimate of drug-likeness (QED) is 0.291. The molecule has 9 nitrogen and oxygen atoms in total. The number of ether oxygens (including phenoxy) is 1. The summed E-state index contributed by atoms with van der Waals surface area (Å²) in [5.41, 5.74) is -0.199. The lowest BCUT2D eigenvalue weighted by atomic mass is 10.2. The number of hydrogen-bond acceptors (Lipinski definition) is 6. The Morgan fingerprint density at radius 3 is 2.57 bits per heavy atom. The molecule has 0 radical (unpaired) electrons. The largest absolute Gasteiger partial charge is 0.478 e. The van der Waals surface area contributed by atoms with Crippen molar-refractivity contribution in [3.8, 4) is 5.75 Å². The summed E-state index contributed by atoms with van der Waals surface area (Å²) in [6, 6.07) is 8.59. The fraction of sp³-hybridized carbons (Fsp3) is 0.0625. The zero-order chi connectivity index (χ0) is 20.8. The van der Waals surface area contributed by atoms with Crippen molar-refractivity contribution >= 4 is 72.4 Å². The van der Waals surface area contributed by atoms with Crippen LogP contribution in [0, 0.1) is 10.1 Å². The van der Waals surface area contributed by atoms with Gasteiger partial charge in [-0.3, -0.25) is 20.2 Å². The van der Waals surface area contributed by atoms with Gasteiger partial charge in [-0.15, -0.1) is 0 Å². The van der Waals surface area contributed by atoms with E-state index in [1.165, 1.54) is 30.3 Å². The van der Waals surface area contributed by atoms with Gasteiger partial charge in [-0.05, 0) is 46.3 Å². The summed E-state index contributed by atoms with van der Waals surface area (Å²) >= 11 is 11.4. The number of amides is 1. The van der Waals surface area contributed by atoms with Crippen LogP contribution in [0.1, 0.15) is 10.4 Å². The summed E-state index contributed by atoms with van der Waals surface area (Å²) in [6.07, 6.45) is 0. The van der Waals surface area contributed by atoms with E-state index in [9.17, 15) is 24.8 Å². The van der Waals surface area contributed by atoms with E-state index < -0.39 is 23.4 Å². The molecule has 0 fully saturated rings. The van der Waals surface area contributed by atoms with E-state index in [0.29, 0.717) is 8.95 Å². The van der Waals surface area contributed by atoms with E-state index in [4.69, 9.17) is 17.0 Å². The average molecular weight is 533 g/mol. The van der Waals surface area contributed by atoms with Crippen LogP contribution in [0.15, 0.2) is 45.3 Å². The van der Waals surface area contributed by atoms with Crippen LogP contribution < -0.4 is 15.4 Å². The van der Waals surface area contributed by atoms with Crippen LogP contribution >= 0.6 is 44.1 Å². The van der Waals surface area contributed by atoms with E-state index in [2.05, 4.69) is 42.5 Å². The Labute approximate surface area is 180 Å². The number of nitrogens with one attached hydrogen (secondary N) is 2. The lowest BCUT2D eigenvalue weighted by Crippen LogP contribution is -2.37. The Morgan fingerprint density at radius 2 is 1.93 bits per heavy atom. The Hall–Kier alpha value is -2.57. The molecule has 0 bridgehead atoms. The molecular formula is C16H11Br2N3O6S. The van der Waals surface area contributed by atoms with Crippen molar-refractivity contribution in [2.45, 2.75) is 0 Å². The number of nitro benzene ring substituents is 1. The standard InChI is InChI=1S/C16H11Br2N3O6S/c17-8-5-9(15(23)24)14(10(18)6-8)20-16(28)19-13(22)7-27-12-4-2-1-3-11(12)21(25)26/h1-6H,7H2,(H,23,24)(H2,19,20,22,28). The molecule has 28 heavy (non-hydrogen) atoms. The molecule has 0 aliphatic carbocycles. The molecule has 0 aliphatic heterocycles. The van der Waals surface area contributed by atoms with E-state index >= 15 is 0 Å². The number of rotatable bonds is 6. The molecule has 0 unspecified atom stereocenters. The highest BCUT2D eigenvalue weighted by Crippen LogP contribution is 2.31. The van der Waals surface area contributed by atoms with Crippen LogP contribution in [0.4, 0.5) is 11.4 Å². The number of thiocarbonyl (C=S) groups is 1. The van der Waals surface area contributed by atoms with Crippen molar-refractivity contribution in [3.05, 3.63) is 61.0 Å². The molecule has 0 saturated heterocycles. The molecule has 2 rings (SSSR count). The number of aromatic carboxylic acids is 1. The van der Waals surface area contributed by atoms with Gasteiger partial charge in [0.1, 0.15) is 0 Å². The molecule has 1 amide bonds. The van der Waals surface area contributed by atoms with Gasteiger partial charge in [0.05, 0.1) is 16.2 Å². The van der Waals surface area contributed by atoms with Crippen LogP contribution in [0.3, 0.4) is 0 Å². The van der Waals surface area contributed by atoms with Crippen LogP contribution in [0.2, 0.25) is 0 Å². The van der Waals surface area contributed by atoms with Crippen molar-refractivity contribution in [1.29, 1.82) is 0 Å². The minimum absolute atomic E-state index is 0.0645. The summed E-state index contributed by atoms with van der Waals surface area (Å²) in [5, 5.41) is 25.0. The van der Waals surface area contributed by atoms with E-state index in [1.807, 2.05) is 0 Å². The maximum absolute atomic E-state index is 12.0. The van der Waals surface area contributed by atoms with Crippen molar-refractivity contribution in [3.63, 3.8) is 0 Å². The van der Waals surface area contributed by atoms with Gasteiger partial charge in [0.25, 0.3) is 5.91 Å². The average Bonchev–Trinajstić information content (AvgIpc) is 2.61. The Balaban J connectivity index is 2.02. The van der Waals surface area contributed by atoms with Crippen molar-refractivity contribution in [2.75, 3.05) is 11.9 Å². The van der Waals surface area contributed by atoms with Gasteiger partial charge < -0.3 is 15.2 Å². The molecule has 0 aliphatic rings. The van der Waals surface area contributed by atoms with Gasteiger partial charge in [-0.2, -0.15) is 0 Å². The number of hydrogen-bond donors (Lipinski definition) is 3. The molecule has 3 N–H and O–H groups in total. The molecule has 2 aromatic carbocycles. The first-order chi connectivity index (χ1) is 13.2. The number of halogens is 2. The number of para-hydroxylation sites is 2. The van der Waals surface area contributed by atoms with Gasteiger partial charge in [0.15, 0.2) is 17.5 Å². The van der Waals surface area contributed by atoms with Crippen molar-refractivity contribution in [1.82, 2.24) is 5.32 Å². The molecule has 0 saturated carbocycles. The molecule has 0 atom stereocenters. The molecule has 0 heterocycles. The SMILES string of the molecule is O=C(COc1ccccc1[N+](=O)[O-])NC(=S)Nc1c(Br)cc(Br)cc1C(=O)O. The second kappa shape index (κ2) is 9.57. The third-order valence-electron chi connectivity index (χ3n) is 3.20. The minimum Gasteiger partial charge on any atom is -0.478 e. The van der Waals surface area contributed by atoms with Gasteiger partial charge in [-0.1, -0.05) is 28.1 Å². The minimum atomic E-state index is -1.20. The van der Waals surface area contributed by atoms with Crippen LogP contribution in [-0.4, -0.2) is 33.6 Å². The first-order valence-electron chi connectivity index (χ1n) is 7.38. The first kappa shape index (κ1) is 21.7. The van der Waals surface area contributed by atoms with Gasteiger partial charge >= 0.3 is 11.7 Å². The number of carboxylic acids is 1. The molecule has 12 heteroatoms. The Kier molecular flexibility index (Phi) is 7.43. The van der Waals surface area contributed by atoms with Crippen molar-refractivity contribution in [2.24, 2.45) is 0 Å². The van der Waals surface area contributed by atoms with Gasteiger partial charge in [-0.25, -0.2) is 4.79 Å². The maximum atomic E-state index is 12.0. The topological polar surface area (TPSA) is 131 Å². The summed E-state index contributed by atoms with van der Waals surface area (Å²) in [4.78, 5) is 33.7. The molecule has 2 aromatic rings. The summed E-state index contributed by atoms with van der Waals surface area (Å²) < 4.78 is 6.11. The third-order valence-corrected chi connectivity index (χ3v) is 4.48. The number of carbonyl (C=O) groups excluding carboxylic acids is 1. The summed E-state index contributed by atoms with van der Waals surface area (Å²) in [7, 11) is 0. The van der Waals surface area contributed by atoms with E-state index in [-0.39, 0.29) is 27.8 Å². The summed E-state index contributed by atoms with van der Waals surface area (Å²) in [5.74, 6) is -1.94. The normalized spacial score (nSPS) is 10.1. The number of carbonyl (C=O) groups is 2. The molecule has 146 valence electrons. The number of benzene rings is 2. The highest BCUT2D eigenvalue weighted by Gasteiger charge is 2.18. The molecule has 0 spiro atoms. The number of nitrogens with zero attached hydrogens (tertiary/aromatic N) is 1. The smallest absolute Gasteiger partial charge is 0.337 e. The zero-order valence-electron chi connectivity index (χ0n) is 13.8. The highest BCUT2D eigenvalue weighted by molar-refractivity contribution is 9.11. The Bertz CT molecular complexity index is 969. The third kappa shape index (κ3) is 5.71. The van der Waals surface area contributed by atoms with Gasteiger partial charge in [0, 0.05) is 15.0 Å². The van der Waals surface area contributed by atoms with Crippen LogP contribution in [0.5, 0.6) is 5.75 Å². The highest BCUT2D eigenvalue weighted by atomic mass is 79.9. The maximum Gasteiger partial charge on any atom is 0.337 e. The molecular weight excluding hydrogens is 522 g/mol. The predicted molar refractivity (Wildman–Crippen MR) is 112 cm³/mol. The summed E-state index contributed by atoms with van der Waals surface area (Å²) in [6.45, 7) is -0.528. The van der Waals surface area contributed by atoms with Crippen molar-refractivity contribution < 1.29 is 24.4 Å². The number of anilines is 1. The van der Waals surface area contributed by atoms with Crippen LogP contribution in [0.25, 0.3) is 0 Å². The van der Waals surface area contributed by atoms with Gasteiger partial charge in [0.2, 0.25) is 0 Å². The number of nitro groups is 1. The number of carboxylic acid groups (broad SMARTS) is 1. The fourth-order valence-electron chi connectivity index (χ4n) is 2.05. The lowest BCUT2D eigenvalue weighted by molar-refractivity contribution is -0.385. The van der Waals surface area contributed by atoms with Crippen LogP contribution in [-0.2, 0) is 4.79 Å². The second-order valence-electron chi connectivity index (χ2n) is 5.13. The molecule has 0 aromatic heterocycles. The zero-order valence-corrected chi connectivity index (χ0v) is 17.8. The lowest BCUT2D eigenvalue weighted by Gasteiger charge is -2.14. The second-order valence-corrected chi connectivity index (χ2v) is 7.31. The Morgan fingerprint density at radius 1 is 1.25 bits per heavy atom. The van der Waals surface area contributed by atoms with E-state index in [1.54, 1.807) is 6.07 Å². The first-order valence-corrected chi connectivity index (χ1v) is 9.38.